The molecule has 5 fully saturated rings. The van der Waals surface area contributed by atoms with Crippen molar-refractivity contribution >= 4 is 5.91 Å². The van der Waals surface area contributed by atoms with Gasteiger partial charge in [0.2, 0.25) is 5.91 Å². The maximum absolute atomic E-state index is 12.3. The Hall–Kier alpha value is -0.570. The largest absolute Gasteiger partial charge is 0.355 e. The molecule has 0 aromatic rings. The Morgan fingerprint density at radius 3 is 2.30 bits per heavy atom. The van der Waals surface area contributed by atoms with Crippen molar-refractivity contribution in [1.29, 1.82) is 0 Å². The number of carbonyl (C=O) groups excluding carboxylic acids is 1. The lowest BCUT2D eigenvalue weighted by Crippen LogP contribution is -2.52. The lowest BCUT2D eigenvalue weighted by atomic mass is 9.49. The molecule has 1 atom stereocenters. The molecule has 4 bridgehead atoms. The van der Waals surface area contributed by atoms with Crippen molar-refractivity contribution in [3.05, 3.63) is 0 Å². The second kappa shape index (κ2) is 5.01. The monoisotopic (exact) mass is 276 g/mol. The van der Waals surface area contributed by atoms with Gasteiger partial charge in [-0.25, -0.2) is 0 Å². The number of carbonyl (C=O) groups is 1. The molecule has 20 heavy (non-hydrogen) atoms. The quantitative estimate of drug-likeness (QED) is 0.830. The average Bonchev–Trinajstić information content (AvgIpc) is 2.44. The van der Waals surface area contributed by atoms with Crippen LogP contribution in [0.25, 0.3) is 0 Å². The van der Waals surface area contributed by atoms with Crippen molar-refractivity contribution < 1.29 is 4.79 Å². The first kappa shape index (κ1) is 13.1. The van der Waals surface area contributed by atoms with E-state index in [2.05, 4.69) is 10.6 Å². The SMILES string of the molecule is O=C(NCC12CC3CC(CC(C3)C1)C2)[C@H]1CCCNC1. The zero-order valence-corrected chi connectivity index (χ0v) is 12.5. The molecule has 0 spiro atoms. The molecule has 5 rings (SSSR count). The van der Waals surface area contributed by atoms with Crippen LogP contribution in [0.5, 0.6) is 0 Å². The Morgan fingerprint density at radius 2 is 1.75 bits per heavy atom. The van der Waals surface area contributed by atoms with Crippen molar-refractivity contribution in [3.63, 3.8) is 0 Å². The van der Waals surface area contributed by atoms with Crippen molar-refractivity contribution in [2.75, 3.05) is 19.6 Å². The van der Waals surface area contributed by atoms with E-state index in [4.69, 9.17) is 0 Å². The molecule has 112 valence electrons. The van der Waals surface area contributed by atoms with Gasteiger partial charge in [-0.1, -0.05) is 0 Å². The van der Waals surface area contributed by atoms with Gasteiger partial charge in [0.25, 0.3) is 0 Å². The third-order valence-corrected chi connectivity index (χ3v) is 6.47. The number of rotatable bonds is 3. The Morgan fingerprint density at radius 1 is 1.10 bits per heavy atom. The summed E-state index contributed by atoms with van der Waals surface area (Å²) in [5.41, 5.74) is 0.479. The zero-order chi connectivity index (χ0) is 13.6. The minimum absolute atomic E-state index is 0.220. The van der Waals surface area contributed by atoms with Crippen molar-refractivity contribution in [2.24, 2.45) is 29.1 Å². The van der Waals surface area contributed by atoms with Gasteiger partial charge in [0, 0.05) is 13.1 Å². The van der Waals surface area contributed by atoms with Crippen LogP contribution < -0.4 is 10.6 Å². The molecule has 2 N–H and O–H groups in total. The highest BCUT2D eigenvalue weighted by Crippen LogP contribution is 2.59. The fourth-order valence-corrected chi connectivity index (χ4v) is 6.00. The van der Waals surface area contributed by atoms with E-state index >= 15 is 0 Å². The summed E-state index contributed by atoms with van der Waals surface area (Å²) in [5, 5.41) is 6.68. The third-order valence-electron chi connectivity index (χ3n) is 6.47. The highest BCUT2D eigenvalue weighted by atomic mass is 16.1. The van der Waals surface area contributed by atoms with Crippen LogP contribution in [-0.2, 0) is 4.79 Å². The molecule has 4 saturated carbocycles. The Balaban J connectivity index is 1.36. The van der Waals surface area contributed by atoms with Gasteiger partial charge in [-0.2, -0.15) is 0 Å². The molecular formula is C17H28N2O. The van der Waals surface area contributed by atoms with Gasteiger partial charge in [-0.05, 0) is 81.1 Å². The summed E-state index contributed by atoms with van der Waals surface area (Å²) in [6.07, 6.45) is 10.8. The van der Waals surface area contributed by atoms with E-state index in [1.807, 2.05) is 0 Å². The lowest BCUT2D eigenvalue weighted by Gasteiger charge is -2.57. The number of piperidine rings is 1. The summed E-state index contributed by atoms with van der Waals surface area (Å²) in [6, 6.07) is 0. The minimum atomic E-state index is 0.220. The number of hydrogen-bond donors (Lipinski definition) is 2. The minimum Gasteiger partial charge on any atom is -0.355 e. The van der Waals surface area contributed by atoms with E-state index in [0.29, 0.717) is 11.3 Å². The smallest absolute Gasteiger partial charge is 0.224 e. The molecule has 1 aliphatic heterocycles. The van der Waals surface area contributed by atoms with Crippen LogP contribution in [0.15, 0.2) is 0 Å². The van der Waals surface area contributed by atoms with Gasteiger partial charge < -0.3 is 10.6 Å². The molecule has 0 aromatic carbocycles. The molecule has 0 unspecified atom stereocenters. The second-order valence-electron chi connectivity index (χ2n) is 8.18. The van der Waals surface area contributed by atoms with Crippen molar-refractivity contribution in [1.82, 2.24) is 10.6 Å². The summed E-state index contributed by atoms with van der Waals surface area (Å²) in [5.74, 6) is 3.48. The summed E-state index contributed by atoms with van der Waals surface area (Å²) >= 11 is 0. The fraction of sp³-hybridized carbons (Fsp3) is 0.941. The third kappa shape index (κ3) is 2.38. The van der Waals surface area contributed by atoms with E-state index in [-0.39, 0.29) is 5.92 Å². The molecule has 1 heterocycles. The van der Waals surface area contributed by atoms with Gasteiger partial charge in [0.1, 0.15) is 0 Å². The van der Waals surface area contributed by atoms with Crippen LogP contribution in [0.4, 0.5) is 0 Å². The first-order valence-corrected chi connectivity index (χ1v) is 8.71. The topological polar surface area (TPSA) is 41.1 Å². The average molecular weight is 276 g/mol. The number of nitrogens with one attached hydrogen (secondary N) is 2. The molecule has 5 aliphatic rings. The molecule has 1 amide bonds. The van der Waals surface area contributed by atoms with Gasteiger partial charge >= 0.3 is 0 Å². The van der Waals surface area contributed by atoms with Crippen LogP contribution in [0.2, 0.25) is 0 Å². The first-order chi connectivity index (χ1) is 9.72. The van der Waals surface area contributed by atoms with Gasteiger partial charge in [-0.3, -0.25) is 4.79 Å². The molecule has 3 heteroatoms. The molecule has 0 aromatic heterocycles. The summed E-state index contributed by atoms with van der Waals surface area (Å²) < 4.78 is 0. The normalized spacial score (nSPS) is 46.4. The van der Waals surface area contributed by atoms with Crippen LogP contribution in [0.3, 0.4) is 0 Å². The Kier molecular flexibility index (Phi) is 3.29. The molecule has 4 aliphatic carbocycles. The van der Waals surface area contributed by atoms with E-state index in [1.165, 1.54) is 38.5 Å². The van der Waals surface area contributed by atoms with Crippen LogP contribution in [0.1, 0.15) is 51.4 Å². The van der Waals surface area contributed by atoms with E-state index in [1.54, 1.807) is 0 Å². The zero-order valence-electron chi connectivity index (χ0n) is 12.5. The molecule has 3 nitrogen and oxygen atoms in total. The van der Waals surface area contributed by atoms with Gasteiger partial charge in [0.05, 0.1) is 5.92 Å². The lowest BCUT2D eigenvalue weighted by molar-refractivity contribution is -0.127. The summed E-state index contributed by atoms with van der Waals surface area (Å²) in [4.78, 5) is 12.3. The first-order valence-electron chi connectivity index (χ1n) is 8.71. The standard InChI is InChI=1S/C17H28N2O/c20-16(15-2-1-3-18-10-15)19-11-17-7-12-4-13(8-17)6-14(5-12)9-17/h12-15,18H,1-11H2,(H,19,20)/t12?,13?,14?,15-,17?/m0/s1. The van der Waals surface area contributed by atoms with Crippen LogP contribution >= 0.6 is 0 Å². The predicted octanol–water partition coefficient (Wildman–Crippen LogP) is 2.32. The number of hydrogen-bond acceptors (Lipinski definition) is 2. The Bertz CT molecular complexity index is 351. The van der Waals surface area contributed by atoms with Crippen molar-refractivity contribution in [3.8, 4) is 0 Å². The predicted molar refractivity (Wildman–Crippen MR) is 79.2 cm³/mol. The maximum Gasteiger partial charge on any atom is 0.224 e. The van der Waals surface area contributed by atoms with Crippen LogP contribution in [0, 0.1) is 29.1 Å². The van der Waals surface area contributed by atoms with E-state index in [9.17, 15) is 4.79 Å². The summed E-state index contributed by atoms with van der Waals surface area (Å²) in [6.45, 7) is 2.93. The molecular weight excluding hydrogens is 248 g/mol. The summed E-state index contributed by atoms with van der Waals surface area (Å²) in [7, 11) is 0. The fourth-order valence-electron chi connectivity index (χ4n) is 6.00. The van der Waals surface area contributed by atoms with E-state index in [0.717, 1.165) is 50.2 Å². The molecule has 0 radical (unpaired) electrons. The maximum atomic E-state index is 12.3. The second-order valence-corrected chi connectivity index (χ2v) is 8.18. The number of amides is 1. The molecule has 1 saturated heterocycles. The highest BCUT2D eigenvalue weighted by molar-refractivity contribution is 5.79. The van der Waals surface area contributed by atoms with Crippen LogP contribution in [-0.4, -0.2) is 25.5 Å². The van der Waals surface area contributed by atoms with Gasteiger partial charge in [-0.15, -0.1) is 0 Å². The van der Waals surface area contributed by atoms with Crippen molar-refractivity contribution in [2.45, 2.75) is 51.4 Å². The Labute approximate surface area is 122 Å². The van der Waals surface area contributed by atoms with Gasteiger partial charge in [0.15, 0.2) is 0 Å². The highest BCUT2D eigenvalue weighted by Gasteiger charge is 2.50. The van der Waals surface area contributed by atoms with E-state index < -0.39 is 0 Å².